The van der Waals surface area contributed by atoms with Crippen LogP contribution in [0.15, 0.2) is 18.2 Å². The minimum Gasteiger partial charge on any atom is -0.293 e. The van der Waals surface area contributed by atoms with E-state index in [2.05, 4.69) is 0 Å². The van der Waals surface area contributed by atoms with Crippen LogP contribution in [0.25, 0.3) is 0 Å². The lowest BCUT2D eigenvalue weighted by Gasteiger charge is -1.94. The van der Waals surface area contributed by atoms with Crippen molar-refractivity contribution in [2.45, 2.75) is 0 Å². The van der Waals surface area contributed by atoms with Crippen molar-refractivity contribution in [3.8, 4) is 0 Å². The van der Waals surface area contributed by atoms with Gasteiger partial charge in [0.1, 0.15) is 0 Å². The molecule has 2 nitrogen and oxygen atoms in total. The third-order valence-corrected chi connectivity index (χ3v) is 2.04. The van der Waals surface area contributed by atoms with Gasteiger partial charge < -0.3 is 0 Å². The molecular formula is C7H6Cl2NO+. The summed E-state index contributed by atoms with van der Waals surface area (Å²) >= 11 is 11.4. The van der Waals surface area contributed by atoms with Gasteiger partial charge in [-0.3, -0.25) is 5.21 Å². The van der Waals surface area contributed by atoms with Crippen molar-refractivity contribution >= 4 is 29.4 Å². The van der Waals surface area contributed by atoms with E-state index in [1.165, 1.54) is 6.21 Å². The van der Waals surface area contributed by atoms with Crippen LogP contribution < -0.4 is 5.16 Å². The molecule has 0 saturated carbocycles. The van der Waals surface area contributed by atoms with Gasteiger partial charge in [-0.15, -0.1) is 0 Å². The van der Waals surface area contributed by atoms with E-state index >= 15 is 0 Å². The van der Waals surface area contributed by atoms with Gasteiger partial charge in [-0.25, -0.2) is 0 Å². The van der Waals surface area contributed by atoms with Crippen LogP contribution in [0.3, 0.4) is 0 Å². The van der Waals surface area contributed by atoms with Gasteiger partial charge >= 0.3 is 0 Å². The van der Waals surface area contributed by atoms with Crippen molar-refractivity contribution in [3.63, 3.8) is 0 Å². The lowest BCUT2D eigenvalue weighted by Crippen LogP contribution is -2.64. The molecule has 0 fully saturated rings. The van der Waals surface area contributed by atoms with E-state index in [1.54, 1.807) is 18.2 Å². The Balaban J connectivity index is 3.16. The Hall–Kier alpha value is -0.730. The molecule has 1 rings (SSSR count). The molecule has 0 aliphatic rings. The average Bonchev–Trinajstić information content (AvgIpc) is 1.99. The zero-order chi connectivity index (χ0) is 8.27. The quantitative estimate of drug-likeness (QED) is 0.385. The first-order chi connectivity index (χ1) is 5.25. The van der Waals surface area contributed by atoms with Gasteiger partial charge in [0.15, 0.2) is 0 Å². The summed E-state index contributed by atoms with van der Waals surface area (Å²) in [4.78, 5) is 0. The Labute approximate surface area is 74.0 Å². The lowest BCUT2D eigenvalue weighted by molar-refractivity contribution is -0.733. The number of hydrogen-bond donors (Lipinski definition) is 2. The van der Waals surface area contributed by atoms with E-state index in [4.69, 9.17) is 28.4 Å². The second kappa shape index (κ2) is 3.60. The van der Waals surface area contributed by atoms with Crippen LogP contribution in [-0.2, 0) is 0 Å². The smallest absolute Gasteiger partial charge is 0.221 e. The Bertz CT molecular complexity index is 286. The monoisotopic (exact) mass is 190 g/mol. The Morgan fingerprint density at radius 3 is 2.73 bits per heavy atom. The van der Waals surface area contributed by atoms with Gasteiger partial charge in [-0.1, -0.05) is 29.3 Å². The molecule has 0 heterocycles. The molecule has 0 radical (unpaired) electrons. The maximum atomic E-state index is 8.33. The largest absolute Gasteiger partial charge is 0.293 e. The molecule has 0 atom stereocenters. The molecule has 0 aromatic heterocycles. The highest BCUT2D eigenvalue weighted by Crippen LogP contribution is 2.23. The molecule has 0 aliphatic carbocycles. The maximum Gasteiger partial charge on any atom is 0.221 e. The van der Waals surface area contributed by atoms with E-state index in [0.29, 0.717) is 15.6 Å². The molecule has 58 valence electrons. The third kappa shape index (κ3) is 1.85. The van der Waals surface area contributed by atoms with Gasteiger partial charge in [-0.05, 0) is 17.3 Å². The molecule has 0 unspecified atom stereocenters. The molecule has 4 heteroatoms. The van der Waals surface area contributed by atoms with Crippen LogP contribution in [0.1, 0.15) is 5.56 Å². The zero-order valence-corrected chi connectivity index (χ0v) is 7.02. The SMILES string of the molecule is O/[NH+]=C\c1cccc(Cl)c1Cl. The molecular weight excluding hydrogens is 185 g/mol. The van der Waals surface area contributed by atoms with Crippen molar-refractivity contribution in [2.75, 3.05) is 0 Å². The van der Waals surface area contributed by atoms with E-state index in [1.807, 2.05) is 5.16 Å². The standard InChI is InChI=1S/C7H5Cl2NO/c8-6-3-1-2-5(4-10-11)7(6)9/h1-4,11H/p+1/b10-4-. The van der Waals surface area contributed by atoms with Gasteiger partial charge in [0.2, 0.25) is 6.21 Å². The molecule has 2 N–H and O–H groups in total. The highest BCUT2D eigenvalue weighted by molar-refractivity contribution is 6.43. The summed E-state index contributed by atoms with van der Waals surface area (Å²) in [6.07, 6.45) is 1.36. The van der Waals surface area contributed by atoms with E-state index in [0.717, 1.165) is 0 Å². The van der Waals surface area contributed by atoms with E-state index in [9.17, 15) is 0 Å². The van der Waals surface area contributed by atoms with Crippen LogP contribution in [0.2, 0.25) is 10.0 Å². The van der Waals surface area contributed by atoms with Crippen molar-refractivity contribution < 1.29 is 10.4 Å². The van der Waals surface area contributed by atoms with Crippen LogP contribution in [0, 0.1) is 0 Å². The van der Waals surface area contributed by atoms with Gasteiger partial charge in [0.25, 0.3) is 0 Å². The molecule has 0 bridgehead atoms. The first-order valence-electron chi connectivity index (χ1n) is 2.92. The number of nitrogens with one attached hydrogen (secondary N) is 1. The molecule has 1 aromatic carbocycles. The Kier molecular flexibility index (Phi) is 2.74. The topological polar surface area (TPSA) is 34.2 Å². The highest BCUT2D eigenvalue weighted by atomic mass is 35.5. The van der Waals surface area contributed by atoms with Gasteiger partial charge in [0.05, 0.1) is 15.6 Å². The normalized spacial score (nSPS) is 10.7. The number of rotatable bonds is 1. The first kappa shape index (κ1) is 8.37. The van der Waals surface area contributed by atoms with E-state index < -0.39 is 0 Å². The number of benzene rings is 1. The van der Waals surface area contributed by atoms with Crippen molar-refractivity contribution in [3.05, 3.63) is 33.8 Å². The molecule has 0 spiro atoms. The van der Waals surface area contributed by atoms with Crippen molar-refractivity contribution in [2.24, 2.45) is 0 Å². The average molecular weight is 191 g/mol. The summed E-state index contributed by atoms with van der Waals surface area (Å²) in [5, 5.41) is 11.1. The molecule has 11 heavy (non-hydrogen) atoms. The summed E-state index contributed by atoms with van der Waals surface area (Å²) < 4.78 is 0. The predicted molar refractivity (Wildman–Crippen MR) is 44.4 cm³/mol. The Morgan fingerprint density at radius 2 is 2.09 bits per heavy atom. The summed E-state index contributed by atoms with van der Waals surface area (Å²) in [6.45, 7) is 0. The van der Waals surface area contributed by atoms with Crippen LogP contribution in [-0.4, -0.2) is 11.4 Å². The van der Waals surface area contributed by atoms with Crippen molar-refractivity contribution in [1.29, 1.82) is 0 Å². The van der Waals surface area contributed by atoms with Gasteiger partial charge in [-0.2, -0.15) is 0 Å². The summed E-state index contributed by atoms with van der Waals surface area (Å²) in [5.41, 5.74) is 0.654. The fourth-order valence-electron chi connectivity index (χ4n) is 0.701. The number of hydrogen-bond acceptors (Lipinski definition) is 1. The van der Waals surface area contributed by atoms with Crippen LogP contribution >= 0.6 is 23.2 Å². The summed E-state index contributed by atoms with van der Waals surface area (Å²) in [6, 6.07) is 5.16. The number of halogens is 2. The minimum atomic E-state index is 0.427. The van der Waals surface area contributed by atoms with Crippen molar-refractivity contribution in [1.82, 2.24) is 0 Å². The molecule has 1 aromatic rings. The van der Waals surface area contributed by atoms with Gasteiger partial charge in [0, 0.05) is 0 Å². The van der Waals surface area contributed by atoms with Crippen LogP contribution in [0.4, 0.5) is 0 Å². The highest BCUT2D eigenvalue weighted by Gasteiger charge is 2.02. The zero-order valence-electron chi connectivity index (χ0n) is 5.51. The Morgan fingerprint density at radius 1 is 1.36 bits per heavy atom. The first-order valence-corrected chi connectivity index (χ1v) is 3.68. The third-order valence-electron chi connectivity index (χ3n) is 1.20. The second-order valence-corrected chi connectivity index (χ2v) is 2.70. The predicted octanol–water partition coefficient (Wildman–Crippen LogP) is 0.882. The van der Waals surface area contributed by atoms with Crippen LogP contribution in [0.5, 0.6) is 0 Å². The summed E-state index contributed by atoms with van der Waals surface area (Å²) in [5.74, 6) is 0. The minimum absolute atomic E-state index is 0.427. The fraction of sp³-hybridized carbons (Fsp3) is 0. The molecule has 0 saturated heterocycles. The second-order valence-electron chi connectivity index (χ2n) is 1.92. The van der Waals surface area contributed by atoms with E-state index in [-0.39, 0.29) is 0 Å². The molecule has 0 aliphatic heterocycles. The fourth-order valence-corrected chi connectivity index (χ4v) is 1.06. The summed E-state index contributed by atoms with van der Waals surface area (Å²) in [7, 11) is 0. The lowest BCUT2D eigenvalue weighted by atomic mass is 10.2. The molecule has 0 amide bonds. The maximum absolute atomic E-state index is 8.33.